The standard InChI is InChI=1S/C23H28ClN/c1-18-4-8-20(9-5-18)23(21-10-6-19(2)7-11-21)22-12-16-25(17-13-22)15-3-14-24/h4-11H,3,12-17H2,1-2H3. The third kappa shape index (κ3) is 4.74. The lowest BCUT2D eigenvalue weighted by Crippen LogP contribution is -2.32. The second kappa shape index (κ2) is 8.69. The summed E-state index contributed by atoms with van der Waals surface area (Å²) < 4.78 is 0. The van der Waals surface area contributed by atoms with Crippen molar-refractivity contribution >= 4 is 17.2 Å². The topological polar surface area (TPSA) is 3.24 Å². The maximum Gasteiger partial charge on any atom is 0.0235 e. The van der Waals surface area contributed by atoms with Gasteiger partial charge in [0, 0.05) is 19.0 Å². The SMILES string of the molecule is Cc1ccc(C(=C2CCN(CCCCl)CC2)c2ccc(C)cc2)cc1. The summed E-state index contributed by atoms with van der Waals surface area (Å²) in [6, 6.07) is 18.0. The van der Waals surface area contributed by atoms with Crippen molar-refractivity contribution in [2.45, 2.75) is 33.1 Å². The molecule has 2 aromatic carbocycles. The summed E-state index contributed by atoms with van der Waals surface area (Å²) in [5.41, 5.74) is 8.35. The van der Waals surface area contributed by atoms with E-state index in [1.54, 1.807) is 5.57 Å². The number of aryl methyl sites for hydroxylation is 2. The van der Waals surface area contributed by atoms with Crippen LogP contribution in [0.3, 0.4) is 0 Å². The highest BCUT2D eigenvalue weighted by atomic mass is 35.5. The van der Waals surface area contributed by atoms with E-state index in [2.05, 4.69) is 67.3 Å². The van der Waals surface area contributed by atoms with Gasteiger partial charge < -0.3 is 4.90 Å². The lowest BCUT2D eigenvalue weighted by molar-refractivity contribution is 0.258. The van der Waals surface area contributed by atoms with Gasteiger partial charge in [0.05, 0.1) is 0 Å². The smallest absolute Gasteiger partial charge is 0.0235 e. The largest absolute Gasteiger partial charge is 0.303 e. The van der Waals surface area contributed by atoms with Crippen molar-refractivity contribution in [2.75, 3.05) is 25.5 Å². The Kier molecular flexibility index (Phi) is 6.34. The van der Waals surface area contributed by atoms with E-state index < -0.39 is 0 Å². The van der Waals surface area contributed by atoms with Crippen LogP contribution in [0.2, 0.25) is 0 Å². The van der Waals surface area contributed by atoms with E-state index in [0.29, 0.717) is 0 Å². The van der Waals surface area contributed by atoms with Crippen LogP contribution in [-0.2, 0) is 0 Å². The van der Waals surface area contributed by atoms with Crippen LogP contribution in [0.1, 0.15) is 41.5 Å². The fraction of sp³-hybridized carbons (Fsp3) is 0.391. The van der Waals surface area contributed by atoms with Crippen LogP contribution in [-0.4, -0.2) is 30.4 Å². The minimum absolute atomic E-state index is 0.761. The van der Waals surface area contributed by atoms with E-state index in [0.717, 1.165) is 44.8 Å². The first kappa shape index (κ1) is 18.2. The molecule has 2 heteroatoms. The van der Waals surface area contributed by atoms with Gasteiger partial charge in [-0.25, -0.2) is 0 Å². The summed E-state index contributed by atoms with van der Waals surface area (Å²) in [6.07, 6.45) is 3.39. The van der Waals surface area contributed by atoms with Gasteiger partial charge >= 0.3 is 0 Å². The molecule has 0 bridgehead atoms. The van der Waals surface area contributed by atoms with Crippen molar-refractivity contribution in [3.8, 4) is 0 Å². The van der Waals surface area contributed by atoms with Crippen molar-refractivity contribution in [1.82, 2.24) is 4.90 Å². The van der Waals surface area contributed by atoms with E-state index >= 15 is 0 Å². The van der Waals surface area contributed by atoms with Crippen molar-refractivity contribution in [1.29, 1.82) is 0 Å². The Bertz CT molecular complexity index is 655. The summed E-state index contributed by atoms with van der Waals surface area (Å²) in [5, 5.41) is 0. The van der Waals surface area contributed by atoms with Crippen LogP contribution in [0.5, 0.6) is 0 Å². The van der Waals surface area contributed by atoms with Gasteiger partial charge in [-0.1, -0.05) is 65.2 Å². The van der Waals surface area contributed by atoms with Crippen molar-refractivity contribution < 1.29 is 0 Å². The van der Waals surface area contributed by atoms with Crippen molar-refractivity contribution in [2.24, 2.45) is 0 Å². The predicted octanol–water partition coefficient (Wildman–Crippen LogP) is 5.83. The normalized spacial score (nSPS) is 15.4. The average molecular weight is 354 g/mol. The van der Waals surface area contributed by atoms with Crippen LogP contribution < -0.4 is 0 Å². The number of nitrogens with zero attached hydrogens (tertiary/aromatic N) is 1. The van der Waals surface area contributed by atoms with Crippen molar-refractivity contribution in [3.05, 3.63) is 76.4 Å². The van der Waals surface area contributed by atoms with Gasteiger partial charge in [-0.3, -0.25) is 0 Å². The molecule has 0 aromatic heterocycles. The molecular weight excluding hydrogens is 326 g/mol. The van der Waals surface area contributed by atoms with Crippen LogP contribution in [0, 0.1) is 13.8 Å². The summed E-state index contributed by atoms with van der Waals surface area (Å²) in [6.45, 7) is 7.72. The molecule has 1 aliphatic heterocycles. The quantitative estimate of drug-likeness (QED) is 0.611. The molecule has 132 valence electrons. The maximum absolute atomic E-state index is 5.85. The minimum atomic E-state index is 0.761. The molecule has 0 atom stereocenters. The van der Waals surface area contributed by atoms with Gasteiger partial charge in [0.25, 0.3) is 0 Å². The first-order chi connectivity index (χ1) is 12.2. The number of halogens is 1. The third-order valence-electron chi connectivity index (χ3n) is 5.10. The Morgan fingerprint density at radius 3 is 1.76 bits per heavy atom. The Balaban J connectivity index is 1.91. The lowest BCUT2D eigenvalue weighted by Gasteiger charge is -2.30. The molecule has 0 spiro atoms. The molecule has 0 N–H and O–H groups in total. The number of benzene rings is 2. The summed E-state index contributed by atoms with van der Waals surface area (Å²) >= 11 is 5.85. The second-order valence-corrected chi connectivity index (χ2v) is 7.47. The van der Waals surface area contributed by atoms with E-state index in [1.807, 2.05) is 0 Å². The zero-order valence-corrected chi connectivity index (χ0v) is 16.1. The Hall–Kier alpha value is -1.57. The van der Waals surface area contributed by atoms with E-state index in [4.69, 9.17) is 11.6 Å². The zero-order valence-electron chi connectivity index (χ0n) is 15.4. The molecular formula is C23H28ClN. The summed E-state index contributed by atoms with van der Waals surface area (Å²) in [5.74, 6) is 0.761. The highest BCUT2D eigenvalue weighted by molar-refractivity contribution is 6.17. The fourth-order valence-corrected chi connectivity index (χ4v) is 3.71. The number of piperidine rings is 1. The monoisotopic (exact) mass is 353 g/mol. The minimum Gasteiger partial charge on any atom is -0.303 e. The molecule has 1 saturated heterocycles. The average Bonchev–Trinajstić information content (AvgIpc) is 2.64. The van der Waals surface area contributed by atoms with Gasteiger partial charge in [0.15, 0.2) is 0 Å². The molecule has 0 unspecified atom stereocenters. The van der Waals surface area contributed by atoms with Crippen LogP contribution in [0.4, 0.5) is 0 Å². The van der Waals surface area contributed by atoms with Crippen LogP contribution in [0.15, 0.2) is 54.1 Å². The first-order valence-corrected chi connectivity index (χ1v) is 9.85. The maximum atomic E-state index is 5.85. The number of hydrogen-bond donors (Lipinski definition) is 0. The fourth-order valence-electron chi connectivity index (χ4n) is 3.60. The second-order valence-electron chi connectivity index (χ2n) is 7.09. The van der Waals surface area contributed by atoms with Gasteiger partial charge in [-0.15, -0.1) is 11.6 Å². The molecule has 25 heavy (non-hydrogen) atoms. The number of alkyl halides is 1. The number of hydrogen-bond acceptors (Lipinski definition) is 1. The highest BCUT2D eigenvalue weighted by Gasteiger charge is 2.18. The molecule has 0 radical (unpaired) electrons. The lowest BCUT2D eigenvalue weighted by atomic mass is 9.88. The van der Waals surface area contributed by atoms with Gasteiger partial charge in [-0.2, -0.15) is 0 Å². The number of rotatable bonds is 5. The molecule has 1 fully saturated rings. The van der Waals surface area contributed by atoms with Crippen molar-refractivity contribution in [3.63, 3.8) is 0 Å². The predicted molar refractivity (Wildman–Crippen MR) is 109 cm³/mol. The number of likely N-dealkylation sites (tertiary alicyclic amines) is 1. The third-order valence-corrected chi connectivity index (χ3v) is 5.37. The molecule has 0 aliphatic carbocycles. The Labute approximate surface area is 157 Å². The molecule has 0 amide bonds. The van der Waals surface area contributed by atoms with E-state index in [9.17, 15) is 0 Å². The Morgan fingerprint density at radius 1 is 0.840 bits per heavy atom. The summed E-state index contributed by atoms with van der Waals surface area (Å²) in [4.78, 5) is 2.55. The molecule has 1 aliphatic rings. The molecule has 1 heterocycles. The highest BCUT2D eigenvalue weighted by Crippen LogP contribution is 2.32. The molecule has 1 nitrogen and oxygen atoms in total. The van der Waals surface area contributed by atoms with Crippen LogP contribution >= 0.6 is 11.6 Å². The summed E-state index contributed by atoms with van der Waals surface area (Å²) in [7, 11) is 0. The van der Waals surface area contributed by atoms with E-state index in [-0.39, 0.29) is 0 Å². The zero-order chi connectivity index (χ0) is 17.6. The molecule has 0 saturated carbocycles. The van der Waals surface area contributed by atoms with Crippen LogP contribution in [0.25, 0.3) is 5.57 Å². The van der Waals surface area contributed by atoms with Gasteiger partial charge in [0.1, 0.15) is 0 Å². The molecule has 2 aromatic rings. The van der Waals surface area contributed by atoms with Gasteiger partial charge in [-0.05, 0) is 56.4 Å². The first-order valence-electron chi connectivity index (χ1n) is 9.32. The Morgan fingerprint density at radius 2 is 1.32 bits per heavy atom. The van der Waals surface area contributed by atoms with E-state index in [1.165, 1.54) is 27.8 Å². The van der Waals surface area contributed by atoms with Gasteiger partial charge in [0.2, 0.25) is 0 Å². The molecule has 3 rings (SSSR count).